The average Bonchev–Trinajstić information content (AvgIpc) is 3.21. The first-order valence-corrected chi connectivity index (χ1v) is 8.28. The highest BCUT2D eigenvalue weighted by Crippen LogP contribution is 2.25. The van der Waals surface area contributed by atoms with Crippen molar-refractivity contribution in [1.82, 2.24) is 20.8 Å². The van der Waals surface area contributed by atoms with Crippen LogP contribution in [0, 0.1) is 0 Å². The highest BCUT2D eigenvalue weighted by molar-refractivity contribution is 5.82. The van der Waals surface area contributed by atoms with Crippen LogP contribution in [0.25, 0.3) is 11.5 Å². The molecule has 0 saturated carbocycles. The maximum absolute atomic E-state index is 13.1. The summed E-state index contributed by atoms with van der Waals surface area (Å²) in [5, 5.41) is 9.09. The number of alkyl halides is 2. The van der Waals surface area contributed by atoms with Gasteiger partial charge < -0.3 is 9.84 Å². The number of nitrogens with one attached hydrogen (secondary N) is 2. The van der Waals surface area contributed by atoms with Crippen LogP contribution in [0.3, 0.4) is 0 Å². The second-order valence-electron chi connectivity index (χ2n) is 6.10. The summed E-state index contributed by atoms with van der Waals surface area (Å²) in [6.45, 7) is 1.90. The van der Waals surface area contributed by atoms with Crippen molar-refractivity contribution < 1.29 is 18.1 Å². The summed E-state index contributed by atoms with van der Waals surface area (Å²) in [7, 11) is 0. The van der Waals surface area contributed by atoms with E-state index in [2.05, 4.69) is 20.8 Å². The topological polar surface area (TPSA) is 80.0 Å². The number of halogens is 2. The van der Waals surface area contributed by atoms with Gasteiger partial charge in [-0.1, -0.05) is 24.2 Å². The molecular weight excluding hydrogens is 330 g/mol. The van der Waals surface area contributed by atoms with Gasteiger partial charge in [0.15, 0.2) is 5.82 Å². The molecule has 0 spiro atoms. The van der Waals surface area contributed by atoms with E-state index >= 15 is 0 Å². The van der Waals surface area contributed by atoms with E-state index in [0.29, 0.717) is 31.1 Å². The summed E-state index contributed by atoms with van der Waals surface area (Å²) in [5.74, 6) is -2.05. The van der Waals surface area contributed by atoms with Gasteiger partial charge in [0.2, 0.25) is 5.91 Å². The number of aryl methyl sites for hydroxylation is 1. The lowest BCUT2D eigenvalue weighted by Gasteiger charge is -2.11. The summed E-state index contributed by atoms with van der Waals surface area (Å²) in [6.07, 6.45) is 0.875. The molecule has 1 saturated heterocycles. The van der Waals surface area contributed by atoms with Crippen LogP contribution in [0.15, 0.2) is 28.8 Å². The van der Waals surface area contributed by atoms with Crippen molar-refractivity contribution in [3.05, 3.63) is 35.7 Å². The molecule has 8 heteroatoms. The SMILES string of the molecule is CCc1noc(-c2ccc(CCNC(=O)C3CC(F)(F)CN3)cc2)n1. The highest BCUT2D eigenvalue weighted by atomic mass is 19.3. The van der Waals surface area contributed by atoms with Crippen LogP contribution in [-0.4, -0.2) is 41.1 Å². The third-order valence-electron chi connectivity index (χ3n) is 4.12. The Hall–Kier alpha value is -2.35. The molecular formula is C17H20F2N4O2. The van der Waals surface area contributed by atoms with Crippen LogP contribution >= 0.6 is 0 Å². The molecule has 1 aromatic heterocycles. The number of hydrogen-bond acceptors (Lipinski definition) is 5. The predicted octanol–water partition coefficient (Wildman–Crippen LogP) is 1.95. The summed E-state index contributed by atoms with van der Waals surface area (Å²) < 4.78 is 31.4. The van der Waals surface area contributed by atoms with Crippen molar-refractivity contribution >= 4 is 5.91 Å². The van der Waals surface area contributed by atoms with Gasteiger partial charge >= 0.3 is 0 Å². The second kappa shape index (κ2) is 7.26. The molecule has 134 valence electrons. The van der Waals surface area contributed by atoms with Crippen molar-refractivity contribution in [3.8, 4) is 11.5 Å². The molecule has 1 atom stereocenters. The first kappa shape index (κ1) is 17.5. The zero-order valence-corrected chi connectivity index (χ0v) is 13.9. The van der Waals surface area contributed by atoms with E-state index < -0.39 is 24.9 Å². The number of benzene rings is 1. The van der Waals surface area contributed by atoms with Crippen molar-refractivity contribution in [2.75, 3.05) is 13.1 Å². The van der Waals surface area contributed by atoms with E-state index in [4.69, 9.17) is 4.52 Å². The lowest BCUT2D eigenvalue weighted by molar-refractivity contribution is -0.123. The van der Waals surface area contributed by atoms with Gasteiger partial charge in [-0.2, -0.15) is 4.98 Å². The summed E-state index contributed by atoms with van der Waals surface area (Å²) >= 11 is 0. The van der Waals surface area contributed by atoms with E-state index in [1.807, 2.05) is 31.2 Å². The Morgan fingerprint density at radius 1 is 1.40 bits per heavy atom. The third-order valence-corrected chi connectivity index (χ3v) is 4.12. The van der Waals surface area contributed by atoms with Crippen molar-refractivity contribution in [1.29, 1.82) is 0 Å². The molecule has 1 aliphatic rings. The second-order valence-corrected chi connectivity index (χ2v) is 6.10. The molecule has 1 aliphatic heterocycles. The Bertz CT molecular complexity index is 731. The minimum Gasteiger partial charge on any atom is -0.354 e. The molecule has 3 rings (SSSR count). The normalized spacial score (nSPS) is 19.1. The number of carbonyl (C=O) groups excluding carboxylic acids is 1. The Morgan fingerprint density at radius 3 is 2.76 bits per heavy atom. The van der Waals surface area contributed by atoms with E-state index in [1.54, 1.807) is 0 Å². The standard InChI is InChI=1S/C17H20F2N4O2/c1-2-14-22-16(25-23-14)12-5-3-11(4-6-12)7-8-20-15(24)13-9-17(18,19)10-21-13/h3-6,13,21H,2,7-10H2,1H3,(H,20,24). The fourth-order valence-corrected chi connectivity index (χ4v) is 2.68. The maximum atomic E-state index is 13.1. The van der Waals surface area contributed by atoms with Crippen LogP contribution in [0.1, 0.15) is 24.7 Å². The summed E-state index contributed by atoms with van der Waals surface area (Å²) in [6, 6.07) is 6.77. The maximum Gasteiger partial charge on any atom is 0.262 e. The molecule has 6 nitrogen and oxygen atoms in total. The first-order valence-electron chi connectivity index (χ1n) is 8.28. The van der Waals surface area contributed by atoms with Crippen LogP contribution in [0.5, 0.6) is 0 Å². The average molecular weight is 350 g/mol. The van der Waals surface area contributed by atoms with E-state index in [-0.39, 0.29) is 5.91 Å². The van der Waals surface area contributed by atoms with Gasteiger partial charge in [-0.25, -0.2) is 8.78 Å². The molecule has 25 heavy (non-hydrogen) atoms. The van der Waals surface area contributed by atoms with Crippen molar-refractivity contribution in [2.45, 2.75) is 38.2 Å². The van der Waals surface area contributed by atoms with Gasteiger partial charge in [-0.3, -0.25) is 10.1 Å². The quantitative estimate of drug-likeness (QED) is 0.832. The molecule has 1 unspecified atom stereocenters. The van der Waals surface area contributed by atoms with Crippen molar-refractivity contribution in [3.63, 3.8) is 0 Å². The number of nitrogens with zero attached hydrogens (tertiary/aromatic N) is 2. The third kappa shape index (κ3) is 4.39. The number of amides is 1. The predicted molar refractivity (Wildman–Crippen MR) is 87.2 cm³/mol. The molecule has 0 bridgehead atoms. The smallest absolute Gasteiger partial charge is 0.262 e. The number of aromatic nitrogens is 2. The first-order chi connectivity index (χ1) is 12.0. The Balaban J connectivity index is 1.48. The Kier molecular flexibility index (Phi) is 5.08. The zero-order valence-electron chi connectivity index (χ0n) is 13.9. The molecule has 2 heterocycles. The van der Waals surface area contributed by atoms with E-state index in [0.717, 1.165) is 11.1 Å². The van der Waals surface area contributed by atoms with Crippen LogP contribution in [0.4, 0.5) is 8.78 Å². The van der Waals surface area contributed by atoms with Gasteiger partial charge in [0.25, 0.3) is 11.8 Å². The molecule has 2 aromatic rings. The van der Waals surface area contributed by atoms with Gasteiger partial charge in [-0.05, 0) is 24.1 Å². The number of rotatable bonds is 6. The van der Waals surface area contributed by atoms with Gasteiger partial charge in [0.1, 0.15) is 0 Å². The summed E-state index contributed by atoms with van der Waals surface area (Å²) in [5.41, 5.74) is 1.85. The Morgan fingerprint density at radius 2 is 2.16 bits per heavy atom. The minimum atomic E-state index is -2.80. The van der Waals surface area contributed by atoms with Crippen LogP contribution < -0.4 is 10.6 Å². The lowest BCUT2D eigenvalue weighted by atomic mass is 10.1. The molecule has 1 fully saturated rings. The summed E-state index contributed by atoms with van der Waals surface area (Å²) in [4.78, 5) is 16.1. The van der Waals surface area contributed by atoms with E-state index in [1.165, 1.54) is 0 Å². The van der Waals surface area contributed by atoms with E-state index in [9.17, 15) is 13.6 Å². The molecule has 1 aromatic carbocycles. The minimum absolute atomic E-state index is 0.383. The Labute approximate surface area is 144 Å². The highest BCUT2D eigenvalue weighted by Gasteiger charge is 2.42. The van der Waals surface area contributed by atoms with Gasteiger partial charge in [-0.15, -0.1) is 0 Å². The molecule has 2 N–H and O–H groups in total. The molecule has 0 aliphatic carbocycles. The number of carbonyl (C=O) groups is 1. The van der Waals surface area contributed by atoms with Crippen molar-refractivity contribution in [2.24, 2.45) is 0 Å². The number of hydrogen-bond donors (Lipinski definition) is 2. The molecule has 1 amide bonds. The monoisotopic (exact) mass is 350 g/mol. The fraction of sp³-hybridized carbons (Fsp3) is 0.471. The molecule has 0 radical (unpaired) electrons. The largest absolute Gasteiger partial charge is 0.354 e. The van der Waals surface area contributed by atoms with Crippen LogP contribution in [-0.2, 0) is 17.6 Å². The lowest BCUT2D eigenvalue weighted by Crippen LogP contribution is -2.41. The zero-order chi connectivity index (χ0) is 17.9. The fourth-order valence-electron chi connectivity index (χ4n) is 2.68. The van der Waals surface area contributed by atoms with Gasteiger partial charge in [0.05, 0.1) is 12.6 Å². The van der Waals surface area contributed by atoms with Crippen LogP contribution in [0.2, 0.25) is 0 Å². The van der Waals surface area contributed by atoms with Gasteiger partial charge in [0, 0.05) is 24.9 Å².